The first-order valence-corrected chi connectivity index (χ1v) is 6.52. The van der Waals surface area contributed by atoms with Crippen molar-refractivity contribution < 1.29 is 9.79 Å². The van der Waals surface area contributed by atoms with E-state index in [0.29, 0.717) is 10.9 Å². The SMILES string of the molecule is OP(O)(=S)C1N=C2N=NN=C2S1. The smallest absolute Gasteiger partial charge is 0.219 e. The summed E-state index contributed by atoms with van der Waals surface area (Å²) in [4.78, 5) is 22.1. The lowest BCUT2D eigenvalue weighted by atomic mass is 10.7. The van der Waals surface area contributed by atoms with Gasteiger partial charge in [0.1, 0.15) is 0 Å². The molecule has 0 bridgehead atoms. The van der Waals surface area contributed by atoms with Crippen LogP contribution in [-0.2, 0) is 11.8 Å². The van der Waals surface area contributed by atoms with Gasteiger partial charge in [-0.2, -0.15) is 0 Å². The molecular weight excluding hydrogens is 219 g/mol. The molecule has 6 nitrogen and oxygen atoms in total. The number of rotatable bonds is 1. The highest BCUT2D eigenvalue weighted by Gasteiger charge is 2.35. The van der Waals surface area contributed by atoms with E-state index in [1.165, 1.54) is 0 Å². The number of amidine groups is 1. The van der Waals surface area contributed by atoms with E-state index in [1.54, 1.807) is 0 Å². The minimum Gasteiger partial charge on any atom is -0.343 e. The Kier molecular flexibility index (Phi) is 1.89. The fraction of sp³-hybridized carbons (Fsp3) is 0.333. The van der Waals surface area contributed by atoms with E-state index in [1.807, 2.05) is 0 Å². The third kappa shape index (κ3) is 1.36. The van der Waals surface area contributed by atoms with Crippen LogP contribution >= 0.6 is 18.3 Å². The number of fused-ring (bicyclic) bond motifs is 1. The molecule has 12 heavy (non-hydrogen) atoms. The van der Waals surface area contributed by atoms with Crippen LogP contribution in [0.15, 0.2) is 20.4 Å². The van der Waals surface area contributed by atoms with E-state index in [4.69, 9.17) is 9.79 Å². The van der Waals surface area contributed by atoms with E-state index in [9.17, 15) is 0 Å². The molecule has 0 aromatic heterocycles. The van der Waals surface area contributed by atoms with Gasteiger partial charge in [0.25, 0.3) is 0 Å². The van der Waals surface area contributed by atoms with Crippen molar-refractivity contribution in [3.63, 3.8) is 0 Å². The van der Waals surface area contributed by atoms with E-state index < -0.39 is 11.6 Å². The summed E-state index contributed by atoms with van der Waals surface area (Å²) in [6.07, 6.45) is 0. The van der Waals surface area contributed by atoms with Crippen LogP contribution in [0, 0.1) is 0 Å². The molecule has 0 aromatic rings. The Labute approximate surface area is 76.7 Å². The highest BCUT2D eigenvalue weighted by Crippen LogP contribution is 2.51. The van der Waals surface area contributed by atoms with E-state index in [0.717, 1.165) is 11.8 Å². The minimum absolute atomic E-state index is 0.349. The van der Waals surface area contributed by atoms with Gasteiger partial charge in [-0.05, 0) is 17.0 Å². The lowest BCUT2D eigenvalue weighted by Crippen LogP contribution is -1.96. The number of aliphatic imine (C=N–C) groups is 1. The standard InChI is InChI=1S/C3H3N4O2PS2/c8-10(9,11)3-4-1-2(12-3)6-7-5-1/h3H,(H2,8,9,11). The molecule has 0 amide bonds. The maximum Gasteiger partial charge on any atom is 0.219 e. The van der Waals surface area contributed by atoms with Gasteiger partial charge in [0, 0.05) is 0 Å². The zero-order valence-corrected chi connectivity index (χ0v) is 8.05. The molecule has 2 N–H and O–H groups in total. The molecule has 0 radical (unpaired) electrons. The zero-order valence-electron chi connectivity index (χ0n) is 5.52. The number of hydrogen-bond donors (Lipinski definition) is 2. The zero-order chi connectivity index (χ0) is 8.77. The molecule has 0 fully saturated rings. The Morgan fingerprint density at radius 2 is 2.25 bits per heavy atom. The maximum absolute atomic E-state index is 9.10. The Morgan fingerprint density at radius 1 is 1.50 bits per heavy atom. The van der Waals surface area contributed by atoms with Crippen molar-refractivity contribution in [3.05, 3.63) is 0 Å². The highest BCUT2D eigenvalue weighted by atomic mass is 32.5. The Morgan fingerprint density at radius 3 is 2.83 bits per heavy atom. The van der Waals surface area contributed by atoms with Gasteiger partial charge >= 0.3 is 0 Å². The van der Waals surface area contributed by atoms with Crippen molar-refractivity contribution in [2.45, 2.75) is 5.11 Å². The van der Waals surface area contributed by atoms with Crippen LogP contribution in [0.4, 0.5) is 0 Å². The molecule has 2 aliphatic heterocycles. The van der Waals surface area contributed by atoms with Gasteiger partial charge in [-0.3, -0.25) is 0 Å². The molecule has 0 spiro atoms. The molecule has 0 aliphatic carbocycles. The lowest BCUT2D eigenvalue weighted by Gasteiger charge is -2.10. The van der Waals surface area contributed by atoms with Crippen LogP contribution < -0.4 is 0 Å². The highest BCUT2D eigenvalue weighted by molar-refractivity contribution is 8.26. The molecule has 64 valence electrons. The third-order valence-corrected chi connectivity index (χ3v) is 4.90. The van der Waals surface area contributed by atoms with Crippen LogP contribution in [0.5, 0.6) is 0 Å². The van der Waals surface area contributed by atoms with Gasteiger partial charge in [-0.15, -0.1) is 10.2 Å². The number of thioether (sulfide) groups is 1. The Hall–Kier alpha value is -0.140. The van der Waals surface area contributed by atoms with E-state index in [2.05, 4.69) is 32.2 Å². The molecule has 1 unspecified atom stereocenters. The molecule has 2 aliphatic rings. The first-order chi connectivity index (χ1) is 5.57. The summed E-state index contributed by atoms with van der Waals surface area (Å²) in [6.45, 7) is -3.34. The van der Waals surface area contributed by atoms with Gasteiger partial charge in [-0.25, -0.2) is 4.99 Å². The average molecular weight is 222 g/mol. The largest absolute Gasteiger partial charge is 0.343 e. The van der Waals surface area contributed by atoms with Gasteiger partial charge in [0.05, 0.1) is 0 Å². The van der Waals surface area contributed by atoms with Crippen LogP contribution in [-0.4, -0.2) is 25.8 Å². The topological polar surface area (TPSA) is 89.9 Å². The summed E-state index contributed by atoms with van der Waals surface area (Å²) in [5, 5.41) is 10.3. The summed E-state index contributed by atoms with van der Waals surface area (Å²) in [7, 11) is 0. The lowest BCUT2D eigenvalue weighted by molar-refractivity contribution is 0.476. The summed E-state index contributed by atoms with van der Waals surface area (Å²) in [5.74, 6) is 0.349. The predicted molar refractivity (Wildman–Crippen MR) is 49.8 cm³/mol. The van der Waals surface area contributed by atoms with Crippen molar-refractivity contribution >= 4 is 40.9 Å². The average Bonchev–Trinajstić information content (AvgIpc) is 2.37. The fourth-order valence-corrected chi connectivity index (χ4v) is 3.00. The number of nitrogens with zero attached hydrogens (tertiary/aromatic N) is 4. The van der Waals surface area contributed by atoms with Crippen LogP contribution in [0.2, 0.25) is 0 Å². The molecule has 2 heterocycles. The third-order valence-electron chi connectivity index (χ3n) is 1.20. The first-order valence-electron chi connectivity index (χ1n) is 2.86. The van der Waals surface area contributed by atoms with Crippen LogP contribution in [0.25, 0.3) is 0 Å². The summed E-state index contributed by atoms with van der Waals surface area (Å²) in [5.41, 5.74) is 0. The van der Waals surface area contributed by atoms with Gasteiger partial charge in [0.2, 0.25) is 12.3 Å². The van der Waals surface area contributed by atoms with E-state index in [-0.39, 0.29) is 0 Å². The Bertz CT molecular complexity index is 357. The molecular formula is C3H3N4O2PS2. The minimum atomic E-state index is -3.34. The molecule has 1 atom stereocenters. The van der Waals surface area contributed by atoms with Gasteiger partial charge in [0.15, 0.2) is 10.2 Å². The van der Waals surface area contributed by atoms with Gasteiger partial charge in [-0.1, -0.05) is 11.8 Å². The predicted octanol–water partition coefficient (Wildman–Crippen LogP) is 0.489. The van der Waals surface area contributed by atoms with Crippen molar-refractivity contribution in [3.8, 4) is 0 Å². The first kappa shape index (κ1) is 8.46. The molecule has 0 aromatic carbocycles. The quantitative estimate of drug-likeness (QED) is 0.632. The van der Waals surface area contributed by atoms with Crippen LogP contribution in [0.3, 0.4) is 0 Å². The van der Waals surface area contributed by atoms with Gasteiger partial charge < -0.3 is 9.79 Å². The van der Waals surface area contributed by atoms with E-state index >= 15 is 0 Å². The summed E-state index contributed by atoms with van der Waals surface area (Å²) >= 11 is 5.58. The summed E-state index contributed by atoms with van der Waals surface area (Å²) in [6, 6.07) is 0. The maximum atomic E-state index is 9.10. The second-order valence-corrected chi connectivity index (χ2v) is 6.78. The van der Waals surface area contributed by atoms with Crippen molar-refractivity contribution in [2.75, 3.05) is 0 Å². The fourth-order valence-electron chi connectivity index (χ4n) is 0.725. The molecule has 9 heteroatoms. The Balaban J connectivity index is 2.30. The second-order valence-electron chi connectivity index (χ2n) is 2.08. The molecule has 0 saturated carbocycles. The van der Waals surface area contributed by atoms with Crippen molar-refractivity contribution in [1.29, 1.82) is 0 Å². The van der Waals surface area contributed by atoms with Crippen LogP contribution in [0.1, 0.15) is 0 Å². The molecule has 0 saturated heterocycles. The molecule has 2 rings (SSSR count). The van der Waals surface area contributed by atoms with Crippen molar-refractivity contribution in [2.24, 2.45) is 20.4 Å². The normalized spacial score (nSPS) is 27.0. The number of hydrogen-bond acceptors (Lipinski definition) is 6. The summed E-state index contributed by atoms with van der Waals surface area (Å²) < 4.78 is 0. The second kappa shape index (κ2) is 2.68. The monoisotopic (exact) mass is 222 g/mol. The van der Waals surface area contributed by atoms with Crippen molar-refractivity contribution in [1.82, 2.24) is 0 Å².